The molecule has 0 fully saturated rings. The molecule has 0 saturated carbocycles. The topological polar surface area (TPSA) is 105 Å². The van der Waals surface area contributed by atoms with Gasteiger partial charge in [0.25, 0.3) is 17.7 Å². The van der Waals surface area contributed by atoms with Gasteiger partial charge in [-0.2, -0.15) is 0 Å². The number of imide groups is 1. The number of amides is 4. The summed E-state index contributed by atoms with van der Waals surface area (Å²) in [5, 5.41) is 2.72. The molecule has 9 heteroatoms. The van der Waals surface area contributed by atoms with Crippen molar-refractivity contribution in [3.05, 3.63) is 83.4 Å². The van der Waals surface area contributed by atoms with Gasteiger partial charge in [0, 0.05) is 12.2 Å². The molecule has 194 valence electrons. The molecule has 0 bridgehead atoms. The monoisotopic (exact) mass is 513 g/mol. The van der Waals surface area contributed by atoms with Crippen LogP contribution in [0.1, 0.15) is 39.1 Å². The summed E-state index contributed by atoms with van der Waals surface area (Å²) in [6.07, 6.45) is 1.47. The molecule has 3 aromatic rings. The van der Waals surface area contributed by atoms with Gasteiger partial charge in [-0.1, -0.05) is 24.3 Å². The number of hydrogen-bond acceptors (Lipinski definition) is 6. The van der Waals surface area contributed by atoms with Crippen LogP contribution in [-0.4, -0.2) is 54.8 Å². The molecule has 9 nitrogen and oxygen atoms in total. The van der Waals surface area contributed by atoms with E-state index >= 15 is 0 Å². The van der Waals surface area contributed by atoms with Crippen LogP contribution < -0.4 is 19.7 Å². The first-order valence-corrected chi connectivity index (χ1v) is 12.4. The van der Waals surface area contributed by atoms with E-state index in [0.29, 0.717) is 36.7 Å². The maximum Gasteiger partial charge on any atom is 0.265 e. The number of ether oxygens (including phenoxy) is 2. The predicted octanol–water partition coefficient (Wildman–Crippen LogP) is 3.81. The molecule has 5 rings (SSSR count). The summed E-state index contributed by atoms with van der Waals surface area (Å²) in [6.45, 7) is 2.54. The second kappa shape index (κ2) is 10.8. The van der Waals surface area contributed by atoms with Crippen LogP contribution in [0, 0.1) is 6.92 Å². The molecule has 0 unspecified atom stereocenters. The van der Waals surface area contributed by atoms with Crippen LogP contribution in [0.2, 0.25) is 0 Å². The van der Waals surface area contributed by atoms with Gasteiger partial charge in [0.2, 0.25) is 5.91 Å². The summed E-state index contributed by atoms with van der Waals surface area (Å²) in [6, 6.07) is 19.3. The van der Waals surface area contributed by atoms with E-state index in [-0.39, 0.29) is 23.6 Å². The zero-order valence-corrected chi connectivity index (χ0v) is 20.9. The maximum absolute atomic E-state index is 12.7. The van der Waals surface area contributed by atoms with Crippen molar-refractivity contribution in [3.63, 3.8) is 0 Å². The lowest BCUT2D eigenvalue weighted by Gasteiger charge is -2.30. The van der Waals surface area contributed by atoms with Gasteiger partial charge >= 0.3 is 0 Å². The molecular weight excluding hydrogens is 486 g/mol. The highest BCUT2D eigenvalue weighted by Crippen LogP contribution is 2.35. The van der Waals surface area contributed by atoms with Crippen LogP contribution in [0.15, 0.2) is 66.7 Å². The average molecular weight is 514 g/mol. The smallest absolute Gasteiger partial charge is 0.265 e. The summed E-state index contributed by atoms with van der Waals surface area (Å²) in [4.78, 5) is 53.0. The molecule has 2 heterocycles. The predicted molar refractivity (Wildman–Crippen MR) is 141 cm³/mol. The number of fused-ring (bicyclic) bond motifs is 2. The van der Waals surface area contributed by atoms with E-state index in [4.69, 9.17) is 9.47 Å². The Morgan fingerprint density at radius 3 is 2.42 bits per heavy atom. The lowest BCUT2D eigenvalue weighted by atomic mass is 10.1. The quantitative estimate of drug-likeness (QED) is 0.345. The van der Waals surface area contributed by atoms with E-state index in [2.05, 4.69) is 5.32 Å². The molecule has 2 aliphatic rings. The van der Waals surface area contributed by atoms with Crippen LogP contribution in [-0.2, 0) is 9.59 Å². The fourth-order valence-corrected chi connectivity index (χ4v) is 4.52. The molecule has 0 atom stereocenters. The Hall–Kier alpha value is -4.66. The first-order chi connectivity index (χ1) is 18.4. The molecule has 0 saturated heterocycles. The van der Waals surface area contributed by atoms with E-state index in [1.54, 1.807) is 47.4 Å². The highest BCUT2D eigenvalue weighted by atomic mass is 16.5. The summed E-state index contributed by atoms with van der Waals surface area (Å²) in [5.41, 5.74) is 2.68. The second-order valence-electron chi connectivity index (χ2n) is 9.18. The number of hydrogen-bond donors (Lipinski definition) is 1. The summed E-state index contributed by atoms with van der Waals surface area (Å²) in [5.74, 6) is -0.335. The third-order valence-corrected chi connectivity index (χ3v) is 6.40. The van der Waals surface area contributed by atoms with Crippen molar-refractivity contribution in [2.75, 3.05) is 36.5 Å². The average Bonchev–Trinajstić information content (AvgIpc) is 3.14. The number of aryl methyl sites for hydroxylation is 1. The largest absolute Gasteiger partial charge is 0.494 e. The third kappa shape index (κ3) is 5.22. The SMILES string of the molecule is Cc1cccc(OCCCCN2C(=O)COc3ccc(NC(=O)CN4C(=O)c5ccccc5C4=O)cc32)c1. The zero-order valence-electron chi connectivity index (χ0n) is 20.9. The first-order valence-electron chi connectivity index (χ1n) is 12.4. The van der Waals surface area contributed by atoms with E-state index < -0.39 is 24.3 Å². The van der Waals surface area contributed by atoms with E-state index in [1.807, 2.05) is 31.2 Å². The third-order valence-electron chi connectivity index (χ3n) is 6.40. The van der Waals surface area contributed by atoms with Gasteiger partial charge in [0.05, 0.1) is 23.4 Å². The minimum absolute atomic E-state index is 0.0573. The number of anilines is 2. The molecule has 0 radical (unpaired) electrons. The van der Waals surface area contributed by atoms with Crippen LogP contribution in [0.3, 0.4) is 0 Å². The van der Waals surface area contributed by atoms with Crippen molar-refractivity contribution in [1.82, 2.24) is 4.90 Å². The van der Waals surface area contributed by atoms with Gasteiger partial charge in [-0.15, -0.1) is 0 Å². The van der Waals surface area contributed by atoms with Crippen LogP contribution in [0.5, 0.6) is 11.5 Å². The van der Waals surface area contributed by atoms with Gasteiger partial charge in [0.15, 0.2) is 6.61 Å². The lowest BCUT2D eigenvalue weighted by molar-refractivity contribution is -0.121. The van der Waals surface area contributed by atoms with Crippen molar-refractivity contribution >= 4 is 35.0 Å². The molecule has 2 aliphatic heterocycles. The number of carbonyl (C=O) groups is 4. The lowest BCUT2D eigenvalue weighted by Crippen LogP contribution is -2.39. The number of nitrogens with one attached hydrogen (secondary N) is 1. The molecule has 0 spiro atoms. The maximum atomic E-state index is 12.7. The highest BCUT2D eigenvalue weighted by molar-refractivity contribution is 6.22. The second-order valence-corrected chi connectivity index (χ2v) is 9.18. The highest BCUT2D eigenvalue weighted by Gasteiger charge is 2.36. The first kappa shape index (κ1) is 25.0. The molecule has 0 aromatic heterocycles. The van der Waals surface area contributed by atoms with Crippen molar-refractivity contribution in [2.45, 2.75) is 19.8 Å². The Morgan fingerprint density at radius 1 is 0.921 bits per heavy atom. The van der Waals surface area contributed by atoms with Crippen molar-refractivity contribution in [2.24, 2.45) is 0 Å². The van der Waals surface area contributed by atoms with Gasteiger partial charge < -0.3 is 19.7 Å². The van der Waals surface area contributed by atoms with Crippen molar-refractivity contribution < 1.29 is 28.7 Å². The minimum atomic E-state index is -0.526. The van der Waals surface area contributed by atoms with Gasteiger partial charge in [0.1, 0.15) is 18.0 Å². The van der Waals surface area contributed by atoms with E-state index in [1.165, 1.54) is 0 Å². The zero-order chi connectivity index (χ0) is 26.6. The van der Waals surface area contributed by atoms with Gasteiger partial charge in [-0.3, -0.25) is 24.1 Å². The van der Waals surface area contributed by atoms with E-state index in [9.17, 15) is 19.2 Å². The molecule has 4 amide bonds. The number of nitrogens with zero attached hydrogens (tertiary/aromatic N) is 2. The Labute approximate surface area is 219 Å². The Morgan fingerprint density at radius 2 is 1.68 bits per heavy atom. The molecule has 0 aliphatic carbocycles. The van der Waals surface area contributed by atoms with Crippen LogP contribution in [0.25, 0.3) is 0 Å². The van der Waals surface area contributed by atoms with Gasteiger partial charge in [-0.05, 0) is 67.8 Å². The Balaban J connectivity index is 1.19. The standard InChI is InChI=1S/C29H27N3O6/c1-19-7-6-8-21(15-19)37-14-5-4-13-31-24-16-20(11-12-25(24)38-18-27(31)34)30-26(33)17-32-28(35)22-9-2-3-10-23(22)29(32)36/h2-3,6-12,15-16H,4-5,13-14,17-18H2,1H3,(H,30,33). The van der Waals surface area contributed by atoms with Crippen molar-refractivity contribution in [1.29, 1.82) is 0 Å². The minimum Gasteiger partial charge on any atom is -0.494 e. The molecule has 3 aromatic carbocycles. The Bertz CT molecular complexity index is 1380. The number of rotatable bonds is 9. The molecule has 1 N–H and O–H groups in total. The van der Waals surface area contributed by atoms with Crippen LogP contribution >= 0.6 is 0 Å². The fraction of sp³-hybridized carbons (Fsp3) is 0.241. The van der Waals surface area contributed by atoms with Crippen LogP contribution in [0.4, 0.5) is 11.4 Å². The van der Waals surface area contributed by atoms with Crippen molar-refractivity contribution in [3.8, 4) is 11.5 Å². The van der Waals surface area contributed by atoms with E-state index in [0.717, 1.165) is 22.6 Å². The number of carbonyl (C=O) groups excluding carboxylic acids is 4. The molecule has 38 heavy (non-hydrogen) atoms. The number of benzene rings is 3. The molecular formula is C29H27N3O6. The Kier molecular flexibility index (Phi) is 7.08. The summed E-state index contributed by atoms with van der Waals surface area (Å²) in [7, 11) is 0. The summed E-state index contributed by atoms with van der Waals surface area (Å²) >= 11 is 0. The van der Waals surface area contributed by atoms with Gasteiger partial charge in [-0.25, -0.2) is 0 Å². The number of unbranched alkanes of at least 4 members (excludes halogenated alkanes) is 1. The normalized spacial score (nSPS) is 14.2. The summed E-state index contributed by atoms with van der Waals surface area (Å²) < 4.78 is 11.4. The fourth-order valence-electron chi connectivity index (χ4n) is 4.52.